The number of aromatic hydroxyl groups is 1. The lowest BCUT2D eigenvalue weighted by atomic mass is 9.98. The number of nitrogens with one attached hydrogen (secondary N) is 1. The quantitative estimate of drug-likeness (QED) is 0.392. The second kappa shape index (κ2) is 8.16. The van der Waals surface area contributed by atoms with Crippen LogP contribution in [0.3, 0.4) is 0 Å². The zero-order chi connectivity index (χ0) is 26.0. The minimum atomic E-state index is -0.579. The van der Waals surface area contributed by atoms with Crippen molar-refractivity contribution in [3.05, 3.63) is 104 Å². The van der Waals surface area contributed by atoms with Crippen molar-refractivity contribution in [1.29, 1.82) is 0 Å². The number of para-hydroxylation sites is 2. The molecule has 8 heteroatoms. The van der Waals surface area contributed by atoms with E-state index in [0.29, 0.717) is 33.6 Å². The van der Waals surface area contributed by atoms with Crippen molar-refractivity contribution in [3.8, 4) is 28.4 Å². The summed E-state index contributed by atoms with van der Waals surface area (Å²) >= 11 is 0. The largest absolute Gasteiger partial charge is 0.508 e. The van der Waals surface area contributed by atoms with Crippen LogP contribution in [0.25, 0.3) is 27.8 Å². The summed E-state index contributed by atoms with van der Waals surface area (Å²) in [6, 6.07) is 20.3. The first-order valence-electron chi connectivity index (χ1n) is 12.0. The third kappa shape index (κ3) is 3.22. The average Bonchev–Trinajstić information content (AvgIpc) is 3.28. The Balaban J connectivity index is 1.85. The standard InChI is InChI=1S/C29H26N4O4/c1-16-9-11-17(12-10-16)25-23-26(31(2)29(36)32(3)28(23)35)27-24(19-15-18(37-4)13-14-22(19)34)30-20-7-5-6-8-21(20)33(25)27/h5-15,24,30,34H,1-4H3/t24-/m0/s1. The van der Waals surface area contributed by atoms with E-state index < -0.39 is 11.7 Å². The van der Waals surface area contributed by atoms with Crippen LogP contribution in [-0.4, -0.2) is 25.9 Å². The molecule has 6 rings (SSSR count). The van der Waals surface area contributed by atoms with Gasteiger partial charge in [-0.25, -0.2) is 4.79 Å². The third-order valence-electron chi connectivity index (χ3n) is 7.20. The second-order valence-corrected chi connectivity index (χ2v) is 9.38. The molecule has 0 fully saturated rings. The van der Waals surface area contributed by atoms with Crippen molar-refractivity contribution in [2.24, 2.45) is 14.1 Å². The summed E-state index contributed by atoms with van der Waals surface area (Å²) in [5.74, 6) is 0.656. The van der Waals surface area contributed by atoms with Gasteiger partial charge in [0.2, 0.25) is 0 Å². The molecule has 0 radical (unpaired) electrons. The fraction of sp³-hybridized carbons (Fsp3) is 0.172. The van der Waals surface area contributed by atoms with Crippen molar-refractivity contribution >= 4 is 16.6 Å². The number of hydrogen-bond acceptors (Lipinski definition) is 5. The molecule has 0 amide bonds. The number of phenols is 1. The van der Waals surface area contributed by atoms with Crippen LogP contribution >= 0.6 is 0 Å². The van der Waals surface area contributed by atoms with Crippen LogP contribution in [0.1, 0.15) is 22.9 Å². The molecule has 2 aromatic heterocycles. The summed E-state index contributed by atoms with van der Waals surface area (Å²) in [5, 5.41) is 15.0. The molecule has 3 aromatic carbocycles. The smallest absolute Gasteiger partial charge is 0.331 e. The zero-order valence-corrected chi connectivity index (χ0v) is 20.9. The molecule has 3 heterocycles. The number of phenolic OH excluding ortho intramolecular Hbond substituents is 1. The fourth-order valence-electron chi connectivity index (χ4n) is 5.33. The first-order valence-corrected chi connectivity index (χ1v) is 12.0. The molecule has 0 unspecified atom stereocenters. The molecule has 37 heavy (non-hydrogen) atoms. The maximum Gasteiger partial charge on any atom is 0.331 e. The Labute approximate surface area is 212 Å². The summed E-state index contributed by atoms with van der Waals surface area (Å²) in [4.78, 5) is 26.9. The summed E-state index contributed by atoms with van der Waals surface area (Å²) in [6.07, 6.45) is 0. The van der Waals surface area contributed by atoms with E-state index in [1.165, 1.54) is 11.6 Å². The van der Waals surface area contributed by atoms with Crippen LogP contribution < -0.4 is 21.3 Å². The van der Waals surface area contributed by atoms with Crippen LogP contribution in [0, 0.1) is 6.92 Å². The molecule has 0 aliphatic carbocycles. The number of aryl methyl sites for hydroxylation is 2. The van der Waals surface area contributed by atoms with Crippen LogP contribution in [0.4, 0.5) is 5.69 Å². The van der Waals surface area contributed by atoms with Gasteiger partial charge in [-0.15, -0.1) is 0 Å². The van der Waals surface area contributed by atoms with E-state index in [1.54, 1.807) is 32.4 Å². The zero-order valence-electron chi connectivity index (χ0n) is 20.9. The Kier molecular flexibility index (Phi) is 5.01. The highest BCUT2D eigenvalue weighted by molar-refractivity contribution is 5.99. The number of aromatic nitrogens is 3. The number of benzene rings is 3. The normalized spacial score (nSPS) is 14.2. The molecule has 0 saturated carbocycles. The van der Waals surface area contributed by atoms with Gasteiger partial charge in [0.25, 0.3) is 5.56 Å². The number of ether oxygens (including phenoxy) is 1. The van der Waals surface area contributed by atoms with Crippen molar-refractivity contribution < 1.29 is 9.84 Å². The first kappa shape index (κ1) is 22.7. The van der Waals surface area contributed by atoms with Gasteiger partial charge >= 0.3 is 5.69 Å². The Morgan fingerprint density at radius 2 is 1.68 bits per heavy atom. The van der Waals surface area contributed by atoms with Gasteiger partial charge < -0.3 is 19.7 Å². The van der Waals surface area contributed by atoms with Gasteiger partial charge in [0.1, 0.15) is 11.5 Å². The molecule has 8 nitrogen and oxygen atoms in total. The number of fused-ring (bicyclic) bond motifs is 5. The molecule has 1 atom stereocenters. The fourth-order valence-corrected chi connectivity index (χ4v) is 5.33. The molecule has 1 aliphatic rings. The van der Waals surface area contributed by atoms with Gasteiger partial charge in [0, 0.05) is 19.7 Å². The van der Waals surface area contributed by atoms with E-state index in [1.807, 2.05) is 60.0 Å². The second-order valence-electron chi connectivity index (χ2n) is 9.38. The first-order chi connectivity index (χ1) is 17.8. The summed E-state index contributed by atoms with van der Waals surface area (Å²) < 4.78 is 10.2. The molecule has 0 bridgehead atoms. The number of anilines is 1. The van der Waals surface area contributed by atoms with Gasteiger partial charge in [-0.05, 0) is 42.8 Å². The van der Waals surface area contributed by atoms with Gasteiger partial charge in [0.05, 0.1) is 46.8 Å². The van der Waals surface area contributed by atoms with Gasteiger partial charge in [-0.1, -0.05) is 42.0 Å². The summed E-state index contributed by atoms with van der Waals surface area (Å²) in [5.41, 5.74) is 5.29. The molecule has 0 saturated heterocycles. The Morgan fingerprint density at radius 1 is 0.946 bits per heavy atom. The molecule has 5 aromatic rings. The monoisotopic (exact) mass is 494 g/mol. The predicted octanol–water partition coefficient (Wildman–Crippen LogP) is 4.23. The highest BCUT2D eigenvalue weighted by Crippen LogP contribution is 2.47. The molecule has 186 valence electrons. The maximum absolute atomic E-state index is 13.7. The highest BCUT2D eigenvalue weighted by Gasteiger charge is 2.35. The van der Waals surface area contributed by atoms with E-state index in [4.69, 9.17) is 4.74 Å². The maximum atomic E-state index is 13.7. The number of nitrogens with zero attached hydrogens (tertiary/aromatic N) is 3. The minimum Gasteiger partial charge on any atom is -0.508 e. The number of methoxy groups -OCH3 is 1. The Hall–Kier alpha value is -4.72. The van der Waals surface area contributed by atoms with Gasteiger partial charge in [0.15, 0.2) is 0 Å². The molecule has 0 spiro atoms. The average molecular weight is 495 g/mol. The van der Waals surface area contributed by atoms with E-state index in [9.17, 15) is 14.7 Å². The predicted molar refractivity (Wildman–Crippen MR) is 144 cm³/mol. The van der Waals surface area contributed by atoms with Gasteiger partial charge in [-0.3, -0.25) is 13.9 Å². The van der Waals surface area contributed by atoms with E-state index in [2.05, 4.69) is 5.32 Å². The highest BCUT2D eigenvalue weighted by atomic mass is 16.5. The topological polar surface area (TPSA) is 90.4 Å². The minimum absolute atomic E-state index is 0.0734. The van der Waals surface area contributed by atoms with E-state index >= 15 is 0 Å². The Bertz CT molecular complexity index is 1830. The molecular formula is C29H26N4O4. The van der Waals surface area contributed by atoms with Crippen LogP contribution in [0.15, 0.2) is 76.3 Å². The van der Waals surface area contributed by atoms with Crippen molar-refractivity contribution in [3.63, 3.8) is 0 Å². The molecular weight excluding hydrogens is 468 g/mol. The summed E-state index contributed by atoms with van der Waals surface area (Å²) in [7, 11) is 4.74. The third-order valence-corrected chi connectivity index (χ3v) is 7.20. The van der Waals surface area contributed by atoms with Crippen molar-refractivity contribution in [1.82, 2.24) is 13.7 Å². The van der Waals surface area contributed by atoms with Crippen LogP contribution in [0.5, 0.6) is 11.5 Å². The number of hydrogen-bond donors (Lipinski definition) is 2. The molecule has 1 aliphatic heterocycles. The SMILES string of the molecule is COc1ccc(O)c([C@@H]2Nc3ccccc3-n3c(-c4ccc(C)cc4)c4c(=O)n(C)c(=O)n(C)c4c32)c1. The lowest BCUT2D eigenvalue weighted by Crippen LogP contribution is -2.37. The lowest BCUT2D eigenvalue weighted by molar-refractivity contribution is 0.410. The van der Waals surface area contributed by atoms with E-state index in [0.717, 1.165) is 27.1 Å². The summed E-state index contributed by atoms with van der Waals surface area (Å²) in [6.45, 7) is 2.01. The Morgan fingerprint density at radius 3 is 2.41 bits per heavy atom. The lowest BCUT2D eigenvalue weighted by Gasteiger charge is -2.31. The van der Waals surface area contributed by atoms with Crippen molar-refractivity contribution in [2.45, 2.75) is 13.0 Å². The molecule has 2 N–H and O–H groups in total. The van der Waals surface area contributed by atoms with E-state index in [-0.39, 0.29) is 11.3 Å². The van der Waals surface area contributed by atoms with Crippen LogP contribution in [0.2, 0.25) is 0 Å². The van der Waals surface area contributed by atoms with Crippen LogP contribution in [-0.2, 0) is 14.1 Å². The number of rotatable bonds is 3. The van der Waals surface area contributed by atoms with Gasteiger partial charge in [-0.2, -0.15) is 0 Å². The van der Waals surface area contributed by atoms with Crippen molar-refractivity contribution in [2.75, 3.05) is 12.4 Å².